The molecule has 1 fully saturated rings. The number of para-hydroxylation sites is 1. The van der Waals surface area contributed by atoms with Crippen molar-refractivity contribution in [1.82, 2.24) is 0 Å². The molecule has 0 saturated carbocycles. The van der Waals surface area contributed by atoms with Gasteiger partial charge in [-0.1, -0.05) is 18.2 Å². The third-order valence-electron chi connectivity index (χ3n) is 5.93. The Hall–Kier alpha value is -2.94. The normalized spacial score (nSPS) is 23.0. The molecule has 1 atom stereocenters. The Morgan fingerprint density at radius 1 is 1.10 bits per heavy atom. The number of ketones is 1. The van der Waals surface area contributed by atoms with E-state index in [2.05, 4.69) is 0 Å². The van der Waals surface area contributed by atoms with Gasteiger partial charge in [0.15, 0.2) is 29.6 Å². The summed E-state index contributed by atoms with van der Waals surface area (Å²) in [5, 5.41) is 11.4. The predicted molar refractivity (Wildman–Crippen MR) is 106 cm³/mol. The largest absolute Gasteiger partial charge is 0.454 e. The standard InChI is InChI=1S/C22H22N2O6/c25-18(15-5-6-19-20(11-15)30-14-29-19)12-22(27)16-3-1-2-4-17(16)24(21(22)26)13-23-7-9-28-10-8-23/h1-6,11,27H,7-10,12-14H2/p+1/t22-/m1/s1. The number of amides is 1. The zero-order chi connectivity index (χ0) is 20.7. The SMILES string of the molecule is O=C(C[C@]1(O)C(=O)N(C[NH+]2CCOCC2)c2ccccc21)c1ccc2c(c1)OCO2. The average Bonchev–Trinajstić information content (AvgIpc) is 3.32. The van der Waals surface area contributed by atoms with E-state index in [1.165, 1.54) is 4.90 Å². The molecule has 2 aromatic rings. The van der Waals surface area contributed by atoms with Gasteiger partial charge in [-0.2, -0.15) is 0 Å². The van der Waals surface area contributed by atoms with Gasteiger partial charge in [0.2, 0.25) is 6.79 Å². The summed E-state index contributed by atoms with van der Waals surface area (Å²) in [6, 6.07) is 12.0. The van der Waals surface area contributed by atoms with Crippen LogP contribution in [0, 0.1) is 0 Å². The maximum absolute atomic E-state index is 13.3. The highest BCUT2D eigenvalue weighted by atomic mass is 16.7. The number of carbonyl (C=O) groups is 2. The number of aliphatic hydroxyl groups is 1. The number of hydrogen-bond donors (Lipinski definition) is 2. The molecule has 0 spiro atoms. The van der Waals surface area contributed by atoms with Crippen molar-refractivity contribution in [2.75, 3.05) is 44.7 Å². The summed E-state index contributed by atoms with van der Waals surface area (Å²) < 4.78 is 16.0. The van der Waals surface area contributed by atoms with Crippen molar-refractivity contribution < 1.29 is 33.8 Å². The molecule has 8 heteroatoms. The second-order valence-electron chi connectivity index (χ2n) is 7.80. The number of nitrogens with zero attached hydrogens (tertiary/aromatic N) is 1. The Balaban J connectivity index is 1.42. The Morgan fingerprint density at radius 2 is 1.87 bits per heavy atom. The summed E-state index contributed by atoms with van der Waals surface area (Å²) in [6.07, 6.45) is -0.336. The van der Waals surface area contributed by atoms with E-state index in [9.17, 15) is 14.7 Å². The molecule has 5 rings (SSSR count). The molecule has 0 aromatic heterocycles. The number of hydrogen-bond acceptors (Lipinski definition) is 6. The zero-order valence-corrected chi connectivity index (χ0v) is 16.4. The molecule has 3 aliphatic heterocycles. The van der Waals surface area contributed by atoms with Gasteiger partial charge in [0.25, 0.3) is 5.91 Å². The topological polar surface area (TPSA) is 89.7 Å². The third-order valence-corrected chi connectivity index (χ3v) is 5.93. The monoisotopic (exact) mass is 411 g/mol. The number of anilines is 1. The van der Waals surface area contributed by atoms with E-state index in [1.54, 1.807) is 35.2 Å². The number of Topliss-reactive ketones (excluding diaryl/α,β-unsaturated/α-hetero) is 1. The van der Waals surface area contributed by atoms with E-state index in [-0.39, 0.29) is 19.0 Å². The second-order valence-corrected chi connectivity index (χ2v) is 7.80. The smallest absolute Gasteiger partial charge is 0.268 e. The molecular formula is C22H23N2O6+. The highest BCUT2D eigenvalue weighted by molar-refractivity contribution is 6.10. The third kappa shape index (κ3) is 3.13. The van der Waals surface area contributed by atoms with Crippen LogP contribution in [0.2, 0.25) is 0 Å². The fourth-order valence-corrected chi connectivity index (χ4v) is 4.28. The molecule has 8 nitrogen and oxygen atoms in total. The van der Waals surface area contributed by atoms with Gasteiger partial charge >= 0.3 is 0 Å². The van der Waals surface area contributed by atoms with Crippen LogP contribution in [0.15, 0.2) is 42.5 Å². The lowest BCUT2D eigenvalue weighted by molar-refractivity contribution is -0.906. The van der Waals surface area contributed by atoms with E-state index in [0.717, 1.165) is 13.1 Å². The number of fused-ring (bicyclic) bond motifs is 2. The molecule has 2 N–H and O–H groups in total. The summed E-state index contributed by atoms with van der Waals surface area (Å²) >= 11 is 0. The van der Waals surface area contributed by atoms with Crippen molar-refractivity contribution in [2.45, 2.75) is 12.0 Å². The molecule has 30 heavy (non-hydrogen) atoms. The van der Waals surface area contributed by atoms with Crippen LogP contribution in [0.4, 0.5) is 5.69 Å². The minimum absolute atomic E-state index is 0.113. The summed E-state index contributed by atoms with van der Waals surface area (Å²) in [6.45, 7) is 3.42. The number of benzene rings is 2. The molecule has 2 aromatic carbocycles. The Kier molecular flexibility index (Phi) is 4.69. The summed E-state index contributed by atoms with van der Waals surface area (Å²) in [7, 11) is 0. The number of carbonyl (C=O) groups excluding carboxylic acids is 2. The van der Waals surface area contributed by atoms with E-state index < -0.39 is 11.5 Å². The fourth-order valence-electron chi connectivity index (χ4n) is 4.28. The van der Waals surface area contributed by atoms with E-state index in [0.29, 0.717) is 48.2 Å². The minimum Gasteiger partial charge on any atom is -0.454 e. The lowest BCUT2D eigenvalue weighted by atomic mass is 9.88. The van der Waals surface area contributed by atoms with Crippen molar-refractivity contribution in [3.63, 3.8) is 0 Å². The first-order valence-corrected chi connectivity index (χ1v) is 10.0. The second kappa shape index (κ2) is 7.39. The zero-order valence-electron chi connectivity index (χ0n) is 16.4. The minimum atomic E-state index is -1.89. The Labute approximate surface area is 173 Å². The van der Waals surface area contributed by atoms with E-state index in [4.69, 9.17) is 14.2 Å². The lowest BCUT2D eigenvalue weighted by Gasteiger charge is -2.29. The van der Waals surface area contributed by atoms with Crippen LogP contribution in [-0.2, 0) is 15.1 Å². The van der Waals surface area contributed by atoms with Crippen molar-refractivity contribution in [3.05, 3.63) is 53.6 Å². The Morgan fingerprint density at radius 3 is 2.70 bits per heavy atom. The van der Waals surface area contributed by atoms with Crippen LogP contribution in [0.3, 0.4) is 0 Å². The molecule has 0 aliphatic carbocycles. The number of nitrogens with one attached hydrogen (secondary N) is 1. The fraction of sp³-hybridized carbons (Fsp3) is 0.364. The number of rotatable bonds is 5. The molecule has 0 bridgehead atoms. The van der Waals surface area contributed by atoms with Crippen LogP contribution < -0.4 is 19.3 Å². The van der Waals surface area contributed by atoms with Gasteiger partial charge in [-0.15, -0.1) is 0 Å². The predicted octanol–water partition coefficient (Wildman–Crippen LogP) is 0.0951. The van der Waals surface area contributed by atoms with Gasteiger partial charge in [-0.05, 0) is 24.3 Å². The summed E-state index contributed by atoms with van der Waals surface area (Å²) in [4.78, 5) is 29.2. The molecule has 1 saturated heterocycles. The van der Waals surface area contributed by atoms with Gasteiger partial charge in [-0.3, -0.25) is 14.5 Å². The molecule has 1 amide bonds. The number of ether oxygens (including phenoxy) is 3. The Bertz CT molecular complexity index is 1000. The van der Waals surface area contributed by atoms with Crippen molar-refractivity contribution in [1.29, 1.82) is 0 Å². The first kappa shape index (κ1) is 19.0. The van der Waals surface area contributed by atoms with Crippen molar-refractivity contribution in [2.24, 2.45) is 0 Å². The van der Waals surface area contributed by atoms with Crippen LogP contribution in [0.1, 0.15) is 22.3 Å². The summed E-state index contributed by atoms with van der Waals surface area (Å²) in [5.74, 6) is 0.270. The first-order chi connectivity index (χ1) is 14.6. The molecule has 0 unspecified atom stereocenters. The van der Waals surface area contributed by atoms with Crippen LogP contribution in [0.5, 0.6) is 11.5 Å². The molecular weight excluding hydrogens is 388 g/mol. The maximum atomic E-state index is 13.3. The summed E-state index contributed by atoms with van der Waals surface area (Å²) in [5.41, 5.74) is -0.398. The molecule has 3 heterocycles. The van der Waals surface area contributed by atoms with Crippen molar-refractivity contribution >= 4 is 17.4 Å². The molecule has 156 valence electrons. The van der Waals surface area contributed by atoms with Gasteiger partial charge in [0.1, 0.15) is 13.1 Å². The van der Waals surface area contributed by atoms with E-state index in [1.807, 2.05) is 12.1 Å². The van der Waals surface area contributed by atoms with Gasteiger partial charge < -0.3 is 24.2 Å². The average molecular weight is 411 g/mol. The van der Waals surface area contributed by atoms with Crippen LogP contribution >= 0.6 is 0 Å². The molecule has 3 aliphatic rings. The lowest BCUT2D eigenvalue weighted by Crippen LogP contribution is -3.15. The van der Waals surface area contributed by atoms with Crippen molar-refractivity contribution in [3.8, 4) is 11.5 Å². The molecule has 0 radical (unpaired) electrons. The number of morpholine rings is 1. The highest BCUT2D eigenvalue weighted by Crippen LogP contribution is 2.43. The van der Waals surface area contributed by atoms with Gasteiger partial charge in [-0.25, -0.2) is 0 Å². The highest BCUT2D eigenvalue weighted by Gasteiger charge is 2.51. The van der Waals surface area contributed by atoms with E-state index >= 15 is 0 Å². The van der Waals surface area contributed by atoms with Gasteiger partial charge in [0, 0.05) is 11.1 Å². The van der Waals surface area contributed by atoms with Gasteiger partial charge in [0.05, 0.1) is 25.3 Å². The number of quaternary nitrogens is 1. The first-order valence-electron chi connectivity index (χ1n) is 10.0. The van der Waals surface area contributed by atoms with Crippen LogP contribution in [0.25, 0.3) is 0 Å². The van der Waals surface area contributed by atoms with Crippen LogP contribution in [-0.4, -0.2) is 56.6 Å². The quantitative estimate of drug-likeness (QED) is 0.679. The maximum Gasteiger partial charge on any atom is 0.268 e.